The summed E-state index contributed by atoms with van der Waals surface area (Å²) in [6.45, 7) is 3.62. The van der Waals surface area contributed by atoms with Gasteiger partial charge in [0.1, 0.15) is 5.82 Å². The Morgan fingerprint density at radius 3 is 2.50 bits per heavy atom. The van der Waals surface area contributed by atoms with Gasteiger partial charge in [0.25, 0.3) is 0 Å². The Morgan fingerprint density at radius 1 is 1.08 bits per heavy atom. The van der Waals surface area contributed by atoms with Crippen LogP contribution in [0.15, 0.2) is 51.8 Å². The van der Waals surface area contributed by atoms with Crippen molar-refractivity contribution in [3.8, 4) is 11.5 Å². The Balaban J connectivity index is 1.64. The molecule has 0 aliphatic rings. The first-order valence-electron chi connectivity index (χ1n) is 8.00. The average molecular weight is 375 g/mol. The van der Waals surface area contributed by atoms with Crippen LogP contribution in [0.4, 0.5) is 4.39 Å². The third-order valence-electron chi connectivity index (χ3n) is 3.82. The molecule has 3 rings (SSSR count). The summed E-state index contributed by atoms with van der Waals surface area (Å²) >= 11 is 0. The molecule has 0 radical (unpaired) electrons. The second-order valence-electron chi connectivity index (χ2n) is 5.92. The van der Waals surface area contributed by atoms with Crippen LogP contribution >= 0.6 is 0 Å². The lowest BCUT2D eigenvalue weighted by atomic mass is 10.1. The van der Waals surface area contributed by atoms with Gasteiger partial charge in [0.05, 0.1) is 4.90 Å². The van der Waals surface area contributed by atoms with E-state index >= 15 is 0 Å². The predicted octanol–water partition coefficient (Wildman–Crippen LogP) is 3.01. The minimum Gasteiger partial charge on any atom is -0.421 e. The van der Waals surface area contributed by atoms with E-state index in [1.165, 1.54) is 12.1 Å². The van der Waals surface area contributed by atoms with Crippen molar-refractivity contribution in [3.05, 3.63) is 65.3 Å². The van der Waals surface area contributed by atoms with E-state index in [1.807, 2.05) is 31.2 Å². The van der Waals surface area contributed by atoms with Crippen molar-refractivity contribution in [2.24, 2.45) is 0 Å². The molecule has 1 heterocycles. The van der Waals surface area contributed by atoms with Gasteiger partial charge in [-0.25, -0.2) is 17.5 Å². The zero-order valence-corrected chi connectivity index (χ0v) is 15.2. The Morgan fingerprint density at radius 2 is 1.81 bits per heavy atom. The Hall–Kier alpha value is -2.58. The van der Waals surface area contributed by atoms with Gasteiger partial charge in [-0.15, -0.1) is 10.2 Å². The molecule has 0 spiro atoms. The smallest absolute Gasteiger partial charge is 0.247 e. The zero-order valence-electron chi connectivity index (χ0n) is 14.4. The van der Waals surface area contributed by atoms with Crippen molar-refractivity contribution in [2.75, 3.05) is 6.54 Å². The van der Waals surface area contributed by atoms with Gasteiger partial charge in [-0.3, -0.25) is 0 Å². The number of hydrogen-bond donors (Lipinski definition) is 1. The summed E-state index contributed by atoms with van der Waals surface area (Å²) in [6, 6.07) is 11.2. The lowest BCUT2D eigenvalue weighted by Crippen LogP contribution is -2.26. The standard InChI is InChI=1S/C18H18FN3O3S/c1-12-3-5-14(6-4-12)18-22-21-17(25-18)9-10-20-26(23,24)16-8-7-15(19)11-13(16)2/h3-8,11,20H,9-10H2,1-2H3. The summed E-state index contributed by atoms with van der Waals surface area (Å²) in [5, 5.41) is 7.91. The van der Waals surface area contributed by atoms with Crippen molar-refractivity contribution < 1.29 is 17.2 Å². The highest BCUT2D eigenvalue weighted by Crippen LogP contribution is 2.19. The third-order valence-corrected chi connectivity index (χ3v) is 5.44. The largest absolute Gasteiger partial charge is 0.421 e. The van der Waals surface area contributed by atoms with E-state index in [0.29, 0.717) is 17.3 Å². The molecule has 0 fully saturated rings. The highest BCUT2D eigenvalue weighted by atomic mass is 32.2. The Labute approximate surface area is 151 Å². The van der Waals surface area contributed by atoms with Gasteiger partial charge >= 0.3 is 0 Å². The monoisotopic (exact) mass is 375 g/mol. The fourth-order valence-corrected chi connectivity index (χ4v) is 3.71. The summed E-state index contributed by atoms with van der Waals surface area (Å²) in [5.41, 5.74) is 2.27. The first kappa shape index (κ1) is 18.2. The third kappa shape index (κ3) is 4.14. The number of aryl methyl sites for hydroxylation is 2. The number of nitrogens with one attached hydrogen (secondary N) is 1. The van der Waals surface area contributed by atoms with E-state index < -0.39 is 15.8 Å². The molecule has 1 N–H and O–H groups in total. The average Bonchev–Trinajstić information content (AvgIpc) is 3.04. The molecule has 0 atom stereocenters. The van der Waals surface area contributed by atoms with Crippen LogP contribution in [-0.4, -0.2) is 25.2 Å². The van der Waals surface area contributed by atoms with Gasteiger partial charge in [-0.2, -0.15) is 0 Å². The van der Waals surface area contributed by atoms with Crippen LogP contribution < -0.4 is 4.72 Å². The van der Waals surface area contributed by atoms with Crippen LogP contribution in [0.3, 0.4) is 0 Å². The summed E-state index contributed by atoms with van der Waals surface area (Å²) in [6.07, 6.45) is 0.248. The molecule has 26 heavy (non-hydrogen) atoms. The minimum atomic E-state index is -3.73. The van der Waals surface area contributed by atoms with Crippen molar-refractivity contribution >= 4 is 10.0 Å². The molecule has 0 saturated heterocycles. The zero-order chi connectivity index (χ0) is 18.7. The number of benzene rings is 2. The van der Waals surface area contributed by atoms with Gasteiger partial charge in [0, 0.05) is 18.5 Å². The molecule has 0 aliphatic carbocycles. The number of aromatic nitrogens is 2. The van der Waals surface area contributed by atoms with Gasteiger partial charge in [-0.05, 0) is 49.7 Å². The van der Waals surface area contributed by atoms with Gasteiger partial charge in [-0.1, -0.05) is 17.7 Å². The van der Waals surface area contributed by atoms with Gasteiger partial charge < -0.3 is 4.42 Å². The van der Waals surface area contributed by atoms with E-state index in [0.717, 1.165) is 17.2 Å². The maximum absolute atomic E-state index is 13.1. The SMILES string of the molecule is Cc1ccc(-c2nnc(CCNS(=O)(=O)c3ccc(F)cc3C)o2)cc1. The second kappa shape index (κ2) is 7.35. The predicted molar refractivity (Wildman–Crippen MR) is 94.5 cm³/mol. The molecule has 0 bridgehead atoms. The number of sulfonamides is 1. The van der Waals surface area contributed by atoms with E-state index in [-0.39, 0.29) is 17.9 Å². The first-order chi connectivity index (χ1) is 12.3. The van der Waals surface area contributed by atoms with Crippen LogP contribution in [0.25, 0.3) is 11.5 Å². The van der Waals surface area contributed by atoms with Crippen molar-refractivity contribution in [3.63, 3.8) is 0 Å². The summed E-state index contributed by atoms with van der Waals surface area (Å²) in [5.74, 6) is 0.243. The molecule has 6 nitrogen and oxygen atoms in total. The lowest BCUT2D eigenvalue weighted by molar-refractivity contribution is 0.502. The van der Waals surface area contributed by atoms with Crippen LogP contribution in [-0.2, 0) is 16.4 Å². The molecule has 0 aliphatic heterocycles. The molecule has 0 amide bonds. The molecule has 0 unspecified atom stereocenters. The number of halogens is 1. The number of rotatable bonds is 6. The van der Waals surface area contributed by atoms with Crippen molar-refractivity contribution in [2.45, 2.75) is 25.2 Å². The maximum Gasteiger partial charge on any atom is 0.247 e. The molecule has 2 aromatic carbocycles. The Kier molecular flexibility index (Phi) is 5.15. The fourth-order valence-electron chi connectivity index (χ4n) is 2.45. The first-order valence-corrected chi connectivity index (χ1v) is 9.49. The molecular weight excluding hydrogens is 357 g/mol. The number of nitrogens with zero attached hydrogens (tertiary/aromatic N) is 2. The summed E-state index contributed by atoms with van der Waals surface area (Å²) in [4.78, 5) is 0.0461. The van der Waals surface area contributed by atoms with Crippen LogP contribution in [0.1, 0.15) is 17.0 Å². The van der Waals surface area contributed by atoms with Crippen LogP contribution in [0.5, 0.6) is 0 Å². The molecule has 0 saturated carbocycles. The molecular formula is C18H18FN3O3S. The van der Waals surface area contributed by atoms with Crippen LogP contribution in [0.2, 0.25) is 0 Å². The topological polar surface area (TPSA) is 85.1 Å². The second-order valence-corrected chi connectivity index (χ2v) is 7.66. The quantitative estimate of drug-likeness (QED) is 0.716. The van der Waals surface area contributed by atoms with Crippen molar-refractivity contribution in [1.29, 1.82) is 0 Å². The van der Waals surface area contributed by atoms with Gasteiger partial charge in [0.2, 0.25) is 21.8 Å². The van der Waals surface area contributed by atoms with E-state index in [2.05, 4.69) is 14.9 Å². The normalized spacial score (nSPS) is 11.7. The van der Waals surface area contributed by atoms with E-state index in [4.69, 9.17) is 4.42 Å². The Bertz CT molecular complexity index is 1010. The van der Waals surface area contributed by atoms with Crippen LogP contribution in [0, 0.1) is 19.7 Å². The lowest BCUT2D eigenvalue weighted by Gasteiger charge is -2.08. The highest BCUT2D eigenvalue weighted by Gasteiger charge is 2.17. The fraction of sp³-hybridized carbons (Fsp3) is 0.222. The maximum atomic E-state index is 13.1. The summed E-state index contributed by atoms with van der Waals surface area (Å²) < 4.78 is 45.8. The van der Waals surface area contributed by atoms with E-state index in [1.54, 1.807) is 6.92 Å². The molecule has 1 aromatic heterocycles. The highest BCUT2D eigenvalue weighted by molar-refractivity contribution is 7.89. The van der Waals surface area contributed by atoms with E-state index in [9.17, 15) is 12.8 Å². The summed E-state index contributed by atoms with van der Waals surface area (Å²) in [7, 11) is -3.73. The van der Waals surface area contributed by atoms with Crippen molar-refractivity contribution in [1.82, 2.24) is 14.9 Å². The number of hydrogen-bond acceptors (Lipinski definition) is 5. The molecule has 136 valence electrons. The van der Waals surface area contributed by atoms with Gasteiger partial charge in [0.15, 0.2) is 0 Å². The molecule has 8 heteroatoms. The minimum absolute atomic E-state index is 0.0461. The molecule has 3 aromatic rings.